The SMILES string of the molecule is CC(C)c1ccc(C(O)Cc2c(F)cccc2Cl)cc1. The van der Waals surface area contributed by atoms with Crippen molar-refractivity contribution in [1.82, 2.24) is 0 Å². The van der Waals surface area contributed by atoms with Crippen molar-refractivity contribution in [2.75, 3.05) is 0 Å². The number of halogens is 2. The molecule has 2 rings (SSSR count). The average Bonchev–Trinajstić information content (AvgIpc) is 2.43. The van der Waals surface area contributed by atoms with Crippen molar-refractivity contribution in [3.63, 3.8) is 0 Å². The highest BCUT2D eigenvalue weighted by molar-refractivity contribution is 6.31. The normalized spacial score (nSPS) is 12.7. The van der Waals surface area contributed by atoms with Gasteiger partial charge in [-0.15, -0.1) is 0 Å². The fraction of sp³-hybridized carbons (Fsp3) is 0.294. The zero-order valence-corrected chi connectivity index (χ0v) is 12.4. The lowest BCUT2D eigenvalue weighted by Gasteiger charge is -2.14. The third-order valence-corrected chi connectivity index (χ3v) is 3.80. The van der Waals surface area contributed by atoms with Gasteiger partial charge in [0.25, 0.3) is 0 Å². The van der Waals surface area contributed by atoms with E-state index in [9.17, 15) is 9.50 Å². The van der Waals surface area contributed by atoms with Crippen LogP contribution in [0.15, 0.2) is 42.5 Å². The first-order chi connectivity index (χ1) is 9.49. The molecule has 1 unspecified atom stereocenters. The third kappa shape index (κ3) is 3.38. The molecule has 0 aliphatic heterocycles. The lowest BCUT2D eigenvalue weighted by atomic mass is 9.97. The molecule has 0 aliphatic rings. The molecule has 0 spiro atoms. The third-order valence-electron chi connectivity index (χ3n) is 3.45. The molecule has 0 aliphatic carbocycles. The summed E-state index contributed by atoms with van der Waals surface area (Å²) in [6.45, 7) is 4.23. The Balaban J connectivity index is 2.17. The highest BCUT2D eigenvalue weighted by atomic mass is 35.5. The highest BCUT2D eigenvalue weighted by Crippen LogP contribution is 2.26. The monoisotopic (exact) mass is 292 g/mol. The molecular formula is C17H18ClFO. The van der Waals surface area contributed by atoms with Gasteiger partial charge in [0.15, 0.2) is 0 Å². The van der Waals surface area contributed by atoms with Crippen molar-refractivity contribution >= 4 is 11.6 Å². The molecule has 0 fully saturated rings. The van der Waals surface area contributed by atoms with E-state index in [-0.39, 0.29) is 12.2 Å². The lowest BCUT2D eigenvalue weighted by molar-refractivity contribution is 0.177. The first-order valence-electron chi connectivity index (χ1n) is 6.70. The molecule has 0 saturated heterocycles. The van der Waals surface area contributed by atoms with Crippen LogP contribution >= 0.6 is 11.6 Å². The molecule has 2 aromatic rings. The summed E-state index contributed by atoms with van der Waals surface area (Å²) in [5.74, 6) is 0.0672. The molecule has 1 nitrogen and oxygen atoms in total. The molecule has 0 radical (unpaired) electrons. The van der Waals surface area contributed by atoms with Crippen LogP contribution in [0.4, 0.5) is 4.39 Å². The van der Waals surface area contributed by atoms with Gasteiger partial charge in [-0.1, -0.05) is 55.8 Å². The molecule has 0 saturated carbocycles. The number of rotatable bonds is 4. The maximum atomic E-state index is 13.7. The van der Waals surface area contributed by atoms with Crippen LogP contribution in [0.1, 0.15) is 42.6 Å². The van der Waals surface area contributed by atoms with E-state index in [0.717, 1.165) is 5.56 Å². The van der Waals surface area contributed by atoms with Crippen molar-refractivity contribution in [2.24, 2.45) is 0 Å². The molecule has 0 heterocycles. The van der Waals surface area contributed by atoms with Gasteiger partial charge in [0, 0.05) is 17.0 Å². The summed E-state index contributed by atoms with van der Waals surface area (Å²) in [6.07, 6.45) is -0.586. The summed E-state index contributed by atoms with van der Waals surface area (Å²) in [5, 5.41) is 10.6. The molecule has 2 aromatic carbocycles. The van der Waals surface area contributed by atoms with Crippen molar-refractivity contribution in [3.8, 4) is 0 Å². The maximum Gasteiger partial charge on any atom is 0.127 e. The Hall–Kier alpha value is -1.38. The average molecular weight is 293 g/mol. The predicted octanol–water partition coefficient (Wildman–Crippen LogP) is 4.88. The number of hydrogen-bond donors (Lipinski definition) is 1. The molecule has 0 aromatic heterocycles. The Labute approximate surface area is 124 Å². The fourth-order valence-corrected chi connectivity index (χ4v) is 2.38. The number of hydrogen-bond acceptors (Lipinski definition) is 1. The summed E-state index contributed by atoms with van der Waals surface area (Å²) in [5.41, 5.74) is 2.34. The van der Waals surface area contributed by atoms with E-state index < -0.39 is 6.10 Å². The van der Waals surface area contributed by atoms with Gasteiger partial charge in [0.1, 0.15) is 5.82 Å². The topological polar surface area (TPSA) is 20.2 Å². The van der Waals surface area contributed by atoms with Crippen LogP contribution in [0.2, 0.25) is 5.02 Å². The van der Waals surface area contributed by atoms with Gasteiger partial charge in [-0.05, 0) is 29.2 Å². The fourth-order valence-electron chi connectivity index (χ4n) is 2.14. The molecule has 3 heteroatoms. The van der Waals surface area contributed by atoms with Crippen molar-refractivity contribution < 1.29 is 9.50 Å². The van der Waals surface area contributed by atoms with E-state index in [0.29, 0.717) is 16.5 Å². The Morgan fingerprint density at radius 2 is 1.65 bits per heavy atom. The lowest BCUT2D eigenvalue weighted by Crippen LogP contribution is -2.04. The molecule has 1 N–H and O–H groups in total. The first-order valence-corrected chi connectivity index (χ1v) is 7.07. The van der Waals surface area contributed by atoms with Crippen LogP contribution in [0.3, 0.4) is 0 Å². The van der Waals surface area contributed by atoms with E-state index >= 15 is 0 Å². The van der Waals surface area contributed by atoms with Crippen LogP contribution in [0.25, 0.3) is 0 Å². The Bertz CT molecular complexity index is 558. The van der Waals surface area contributed by atoms with Gasteiger partial charge in [-0.25, -0.2) is 4.39 Å². The number of aliphatic hydroxyl groups excluding tert-OH is 1. The quantitative estimate of drug-likeness (QED) is 0.851. The van der Waals surface area contributed by atoms with Crippen LogP contribution in [-0.2, 0) is 6.42 Å². The zero-order valence-electron chi connectivity index (χ0n) is 11.6. The highest BCUT2D eigenvalue weighted by Gasteiger charge is 2.14. The van der Waals surface area contributed by atoms with Gasteiger partial charge < -0.3 is 5.11 Å². The second kappa shape index (κ2) is 6.38. The molecular weight excluding hydrogens is 275 g/mol. The maximum absolute atomic E-state index is 13.7. The van der Waals surface area contributed by atoms with Gasteiger partial charge in [0.2, 0.25) is 0 Å². The molecule has 106 valence electrons. The Morgan fingerprint density at radius 1 is 1.05 bits per heavy atom. The molecule has 1 atom stereocenters. The smallest absolute Gasteiger partial charge is 0.127 e. The predicted molar refractivity (Wildman–Crippen MR) is 80.6 cm³/mol. The van der Waals surface area contributed by atoms with E-state index in [4.69, 9.17) is 11.6 Å². The summed E-state index contributed by atoms with van der Waals surface area (Å²) < 4.78 is 13.7. The van der Waals surface area contributed by atoms with Gasteiger partial charge in [-0.2, -0.15) is 0 Å². The second-order valence-electron chi connectivity index (χ2n) is 5.24. The minimum Gasteiger partial charge on any atom is -0.388 e. The molecule has 20 heavy (non-hydrogen) atoms. The van der Waals surface area contributed by atoms with E-state index in [1.807, 2.05) is 24.3 Å². The largest absolute Gasteiger partial charge is 0.388 e. The summed E-state index contributed by atoms with van der Waals surface area (Å²) in [6, 6.07) is 12.3. The number of aliphatic hydroxyl groups is 1. The summed E-state index contributed by atoms with van der Waals surface area (Å²) in [7, 11) is 0. The second-order valence-corrected chi connectivity index (χ2v) is 5.65. The van der Waals surface area contributed by atoms with Crippen molar-refractivity contribution in [3.05, 3.63) is 70.0 Å². The standard InChI is InChI=1S/C17H18ClFO/c1-11(2)12-6-8-13(9-7-12)17(20)10-14-15(18)4-3-5-16(14)19/h3-9,11,17,20H,10H2,1-2H3. The van der Waals surface area contributed by atoms with E-state index in [2.05, 4.69) is 13.8 Å². The van der Waals surface area contributed by atoms with E-state index in [1.54, 1.807) is 12.1 Å². The first kappa shape index (κ1) is 15.0. The molecule has 0 bridgehead atoms. The van der Waals surface area contributed by atoms with Crippen LogP contribution < -0.4 is 0 Å². The number of benzene rings is 2. The van der Waals surface area contributed by atoms with Crippen LogP contribution in [-0.4, -0.2) is 5.11 Å². The Kier molecular flexibility index (Phi) is 4.79. The van der Waals surface area contributed by atoms with Crippen LogP contribution in [0.5, 0.6) is 0 Å². The van der Waals surface area contributed by atoms with E-state index in [1.165, 1.54) is 11.6 Å². The summed E-state index contributed by atoms with van der Waals surface area (Å²) in [4.78, 5) is 0. The Morgan fingerprint density at radius 3 is 2.20 bits per heavy atom. The minimum absolute atomic E-state index is 0.173. The van der Waals surface area contributed by atoms with Gasteiger partial charge in [0.05, 0.1) is 6.10 Å². The summed E-state index contributed by atoms with van der Waals surface area (Å²) >= 11 is 5.98. The molecule has 0 amide bonds. The van der Waals surface area contributed by atoms with Gasteiger partial charge >= 0.3 is 0 Å². The van der Waals surface area contributed by atoms with Gasteiger partial charge in [-0.3, -0.25) is 0 Å². The van der Waals surface area contributed by atoms with Crippen molar-refractivity contribution in [2.45, 2.75) is 32.3 Å². The zero-order chi connectivity index (χ0) is 14.7. The minimum atomic E-state index is -0.759. The van der Waals surface area contributed by atoms with Crippen LogP contribution in [0, 0.1) is 5.82 Å². The van der Waals surface area contributed by atoms with Crippen molar-refractivity contribution in [1.29, 1.82) is 0 Å².